The van der Waals surface area contributed by atoms with Crippen LogP contribution in [0.1, 0.15) is 11.4 Å². The molecule has 22 heavy (non-hydrogen) atoms. The smallest absolute Gasteiger partial charge is 0.355 e. The fourth-order valence-corrected chi connectivity index (χ4v) is 3.18. The number of hydrogen-bond acceptors (Lipinski definition) is 6. The van der Waals surface area contributed by atoms with Crippen LogP contribution in [-0.4, -0.2) is 34.3 Å². The van der Waals surface area contributed by atoms with E-state index in [1.165, 1.54) is 0 Å². The summed E-state index contributed by atoms with van der Waals surface area (Å²) in [6, 6.07) is 3.48. The Morgan fingerprint density at radius 3 is 2.86 bits per heavy atom. The summed E-state index contributed by atoms with van der Waals surface area (Å²) in [5.74, 6) is 0.682. The summed E-state index contributed by atoms with van der Waals surface area (Å²) in [5, 5.41) is 9.46. The van der Waals surface area contributed by atoms with Gasteiger partial charge >= 0.3 is 6.18 Å². The quantitative estimate of drug-likeness (QED) is 0.921. The van der Waals surface area contributed by atoms with E-state index >= 15 is 0 Å². The van der Waals surface area contributed by atoms with Gasteiger partial charge in [-0.05, 0) is 18.6 Å². The molecule has 0 amide bonds. The van der Waals surface area contributed by atoms with E-state index in [-0.39, 0.29) is 11.2 Å². The molecule has 0 bridgehead atoms. The van der Waals surface area contributed by atoms with E-state index < -0.39 is 11.2 Å². The molecule has 1 saturated heterocycles. The molecule has 1 fully saturated rings. The van der Waals surface area contributed by atoms with Crippen LogP contribution in [0.25, 0.3) is 0 Å². The highest BCUT2D eigenvalue weighted by Crippen LogP contribution is 2.34. The number of rotatable bonds is 3. The number of pyridine rings is 1. The molecule has 0 saturated carbocycles. The van der Waals surface area contributed by atoms with E-state index in [1.807, 2.05) is 4.90 Å². The Morgan fingerprint density at radius 1 is 1.36 bits per heavy atom. The molecule has 10 heteroatoms. The monoisotopic (exact) mass is 349 g/mol. The number of halogens is 4. The minimum Gasteiger partial charge on any atom is -0.355 e. The molecule has 2 aromatic rings. The van der Waals surface area contributed by atoms with Crippen LogP contribution >= 0.6 is 22.9 Å². The second-order valence-corrected chi connectivity index (χ2v) is 6.18. The number of nitrogens with zero attached hydrogens (tertiary/aromatic N) is 4. The van der Waals surface area contributed by atoms with Crippen LogP contribution in [0, 0.1) is 0 Å². The fraction of sp³-hybridized carbons (Fsp3) is 0.417. The SMILES string of the molecule is FC(F)(F)c1nnc(NC2CCN(c3ncccc3Cl)C2)s1. The van der Waals surface area contributed by atoms with E-state index in [2.05, 4.69) is 20.5 Å². The molecular formula is C12H11ClF3N5S. The zero-order valence-corrected chi connectivity index (χ0v) is 12.7. The molecule has 3 heterocycles. The first-order chi connectivity index (χ1) is 10.4. The van der Waals surface area contributed by atoms with Crippen LogP contribution in [0.3, 0.4) is 0 Å². The van der Waals surface area contributed by atoms with Gasteiger partial charge in [-0.3, -0.25) is 0 Å². The maximum Gasteiger partial charge on any atom is 0.445 e. The molecule has 1 aliphatic rings. The fourth-order valence-electron chi connectivity index (χ4n) is 2.25. The third kappa shape index (κ3) is 3.25. The van der Waals surface area contributed by atoms with E-state index in [4.69, 9.17) is 11.6 Å². The minimum absolute atomic E-state index is 0.0212. The zero-order chi connectivity index (χ0) is 15.7. The largest absolute Gasteiger partial charge is 0.445 e. The second kappa shape index (κ2) is 5.88. The number of hydrogen-bond donors (Lipinski definition) is 1. The Kier molecular flexibility index (Phi) is 4.09. The maximum absolute atomic E-state index is 12.5. The molecule has 0 aliphatic carbocycles. The number of alkyl halides is 3. The van der Waals surface area contributed by atoms with Crippen LogP contribution in [0.5, 0.6) is 0 Å². The summed E-state index contributed by atoms with van der Waals surface area (Å²) in [6.07, 6.45) is -2.04. The lowest BCUT2D eigenvalue weighted by Crippen LogP contribution is -2.26. The van der Waals surface area contributed by atoms with Crippen molar-refractivity contribution in [3.63, 3.8) is 0 Å². The normalized spacial score (nSPS) is 18.7. The van der Waals surface area contributed by atoms with Crippen LogP contribution in [-0.2, 0) is 6.18 Å². The van der Waals surface area contributed by atoms with Gasteiger partial charge in [-0.1, -0.05) is 22.9 Å². The van der Waals surface area contributed by atoms with Gasteiger partial charge in [0.05, 0.1) is 5.02 Å². The molecule has 1 unspecified atom stereocenters. The third-order valence-electron chi connectivity index (χ3n) is 3.22. The molecule has 0 spiro atoms. The lowest BCUT2D eigenvalue weighted by molar-refractivity contribution is -0.138. The van der Waals surface area contributed by atoms with Crippen molar-refractivity contribution < 1.29 is 13.2 Å². The van der Waals surface area contributed by atoms with Gasteiger partial charge < -0.3 is 10.2 Å². The highest BCUT2D eigenvalue weighted by atomic mass is 35.5. The first kappa shape index (κ1) is 15.3. The number of aromatic nitrogens is 3. The van der Waals surface area contributed by atoms with Crippen molar-refractivity contribution in [2.45, 2.75) is 18.6 Å². The van der Waals surface area contributed by atoms with Crippen molar-refractivity contribution in [3.05, 3.63) is 28.4 Å². The Hall–Kier alpha value is -1.61. The van der Waals surface area contributed by atoms with E-state index in [0.717, 1.165) is 13.0 Å². The predicted octanol–water partition coefficient (Wildman–Crippen LogP) is 3.30. The minimum atomic E-state index is -4.46. The van der Waals surface area contributed by atoms with Crippen molar-refractivity contribution in [2.75, 3.05) is 23.3 Å². The van der Waals surface area contributed by atoms with Gasteiger partial charge in [0.2, 0.25) is 10.1 Å². The zero-order valence-electron chi connectivity index (χ0n) is 11.1. The predicted molar refractivity (Wildman–Crippen MR) is 78.4 cm³/mol. The number of anilines is 2. The van der Waals surface area contributed by atoms with Gasteiger partial charge in [0, 0.05) is 25.3 Å². The standard InChI is InChI=1S/C12H11ClF3N5S/c13-8-2-1-4-17-9(8)21-5-3-7(6-21)18-11-20-19-10(22-11)12(14,15)16/h1-2,4,7H,3,5-6H2,(H,18,20). The Balaban J connectivity index is 1.64. The molecule has 1 atom stereocenters. The molecule has 0 radical (unpaired) electrons. The van der Waals surface area contributed by atoms with Crippen molar-refractivity contribution in [2.24, 2.45) is 0 Å². The van der Waals surface area contributed by atoms with Crippen molar-refractivity contribution in [1.29, 1.82) is 0 Å². The summed E-state index contributed by atoms with van der Waals surface area (Å²) in [6.45, 7) is 1.32. The molecule has 2 aromatic heterocycles. The molecule has 0 aromatic carbocycles. The van der Waals surface area contributed by atoms with E-state index in [0.29, 0.717) is 28.7 Å². The average molecular weight is 350 g/mol. The third-order valence-corrected chi connectivity index (χ3v) is 4.42. The Morgan fingerprint density at radius 2 is 2.18 bits per heavy atom. The highest BCUT2D eigenvalue weighted by Gasteiger charge is 2.36. The van der Waals surface area contributed by atoms with Gasteiger partial charge in [-0.15, -0.1) is 10.2 Å². The summed E-state index contributed by atoms with van der Waals surface area (Å²) in [7, 11) is 0. The van der Waals surface area contributed by atoms with Crippen molar-refractivity contribution in [3.8, 4) is 0 Å². The summed E-state index contributed by atoms with van der Waals surface area (Å²) < 4.78 is 37.5. The highest BCUT2D eigenvalue weighted by molar-refractivity contribution is 7.15. The summed E-state index contributed by atoms with van der Waals surface area (Å²) in [5.41, 5.74) is 0. The van der Waals surface area contributed by atoms with Crippen LogP contribution in [0.2, 0.25) is 5.02 Å². The summed E-state index contributed by atoms with van der Waals surface area (Å²) in [4.78, 5) is 6.22. The maximum atomic E-state index is 12.5. The average Bonchev–Trinajstić information content (AvgIpc) is 3.09. The first-order valence-electron chi connectivity index (χ1n) is 6.46. The van der Waals surface area contributed by atoms with Crippen molar-refractivity contribution in [1.82, 2.24) is 15.2 Å². The molecule has 1 N–H and O–H groups in total. The first-order valence-corrected chi connectivity index (χ1v) is 7.65. The van der Waals surface area contributed by atoms with E-state index in [9.17, 15) is 13.2 Å². The molecule has 1 aliphatic heterocycles. The van der Waals surface area contributed by atoms with Gasteiger partial charge in [-0.2, -0.15) is 13.2 Å². The second-order valence-electron chi connectivity index (χ2n) is 4.79. The molecular weight excluding hydrogens is 339 g/mol. The topological polar surface area (TPSA) is 53.9 Å². The van der Waals surface area contributed by atoms with Crippen LogP contribution in [0.4, 0.5) is 24.1 Å². The van der Waals surface area contributed by atoms with Gasteiger partial charge in [-0.25, -0.2) is 4.98 Å². The molecule has 3 rings (SSSR count). The van der Waals surface area contributed by atoms with Crippen molar-refractivity contribution >= 4 is 33.9 Å². The lowest BCUT2D eigenvalue weighted by Gasteiger charge is -2.18. The summed E-state index contributed by atoms with van der Waals surface area (Å²) >= 11 is 6.60. The van der Waals surface area contributed by atoms with Crippen LogP contribution in [0.15, 0.2) is 18.3 Å². The van der Waals surface area contributed by atoms with Crippen LogP contribution < -0.4 is 10.2 Å². The Bertz CT molecular complexity index is 662. The van der Waals surface area contributed by atoms with E-state index in [1.54, 1.807) is 18.3 Å². The lowest BCUT2D eigenvalue weighted by atomic mass is 10.3. The van der Waals surface area contributed by atoms with Gasteiger partial charge in [0.15, 0.2) is 0 Å². The van der Waals surface area contributed by atoms with Gasteiger partial charge in [0.25, 0.3) is 0 Å². The molecule has 118 valence electrons. The van der Waals surface area contributed by atoms with Gasteiger partial charge in [0.1, 0.15) is 5.82 Å². The number of nitrogens with one attached hydrogen (secondary N) is 1. The molecule has 5 nitrogen and oxygen atoms in total. The Labute approximate surface area is 133 Å².